The largest absolute Gasteiger partial charge is 0.495 e. The van der Waals surface area contributed by atoms with Crippen LogP contribution in [0.3, 0.4) is 0 Å². The van der Waals surface area contributed by atoms with Gasteiger partial charge in [0.2, 0.25) is 0 Å². The maximum absolute atomic E-state index is 12.4. The number of para-hydroxylation sites is 2. The molecule has 1 saturated heterocycles. The summed E-state index contributed by atoms with van der Waals surface area (Å²) in [6.07, 6.45) is 1.54. The molecule has 2 aromatic rings. The van der Waals surface area contributed by atoms with Gasteiger partial charge in [0, 0.05) is 26.2 Å². The molecular weight excluding hydrogens is 380 g/mol. The highest BCUT2D eigenvalue weighted by Crippen LogP contribution is 2.28. The second-order valence-corrected chi connectivity index (χ2v) is 7.47. The number of hydrogen-bond acceptors (Lipinski definition) is 5. The molecule has 0 aliphatic carbocycles. The highest BCUT2D eigenvalue weighted by atomic mass is 16.5. The van der Waals surface area contributed by atoms with Crippen molar-refractivity contribution in [1.29, 1.82) is 0 Å². The summed E-state index contributed by atoms with van der Waals surface area (Å²) in [5.74, 6) is -0.0414. The molecule has 0 saturated carbocycles. The minimum Gasteiger partial charge on any atom is -0.495 e. The minimum atomic E-state index is -0.726. The number of benzene rings is 2. The Balaban J connectivity index is 1.50. The molecule has 1 fully saturated rings. The first-order valence-corrected chi connectivity index (χ1v) is 10.1. The van der Waals surface area contributed by atoms with Gasteiger partial charge in [0.05, 0.1) is 19.0 Å². The third-order valence-electron chi connectivity index (χ3n) is 5.17. The lowest BCUT2D eigenvalue weighted by Gasteiger charge is -2.36. The number of hydrogen-bond donors (Lipinski definition) is 1. The first-order chi connectivity index (χ1) is 14.5. The Labute approximate surface area is 177 Å². The lowest BCUT2D eigenvalue weighted by atomic mass is 10.0. The summed E-state index contributed by atoms with van der Waals surface area (Å²) < 4.78 is 5.41. The van der Waals surface area contributed by atoms with Crippen molar-refractivity contribution in [3.05, 3.63) is 59.7 Å². The molecule has 7 nitrogen and oxygen atoms in total. The van der Waals surface area contributed by atoms with Crippen molar-refractivity contribution >= 4 is 23.7 Å². The van der Waals surface area contributed by atoms with Crippen molar-refractivity contribution in [2.45, 2.75) is 19.8 Å². The van der Waals surface area contributed by atoms with E-state index in [2.05, 4.69) is 29.3 Å². The molecule has 1 aliphatic rings. The zero-order valence-electron chi connectivity index (χ0n) is 17.7. The van der Waals surface area contributed by atoms with E-state index in [1.54, 1.807) is 12.0 Å². The molecule has 3 rings (SSSR count). The number of nitrogens with zero attached hydrogens (tertiary/aromatic N) is 3. The molecule has 1 aliphatic heterocycles. The number of carbonyl (C=O) groups excluding carboxylic acids is 2. The lowest BCUT2D eigenvalue weighted by Crippen LogP contribution is -2.52. The van der Waals surface area contributed by atoms with Crippen molar-refractivity contribution in [3.63, 3.8) is 0 Å². The molecule has 2 aromatic carbocycles. The lowest BCUT2D eigenvalue weighted by molar-refractivity contribution is -0.146. The molecule has 1 N–H and O–H groups in total. The number of rotatable bonds is 5. The first kappa shape index (κ1) is 21.4. The van der Waals surface area contributed by atoms with E-state index in [-0.39, 0.29) is 0 Å². The third-order valence-corrected chi connectivity index (χ3v) is 5.17. The summed E-state index contributed by atoms with van der Waals surface area (Å²) in [5.41, 5.74) is 5.42. The number of nitrogens with one attached hydrogen (secondary N) is 1. The van der Waals surface area contributed by atoms with E-state index in [1.165, 1.54) is 11.8 Å². The fourth-order valence-electron chi connectivity index (χ4n) is 3.37. The Bertz CT molecular complexity index is 901. The van der Waals surface area contributed by atoms with Gasteiger partial charge in [0.1, 0.15) is 5.75 Å². The summed E-state index contributed by atoms with van der Waals surface area (Å²) in [5, 5.41) is 3.92. The zero-order valence-corrected chi connectivity index (χ0v) is 17.7. The molecule has 0 bridgehead atoms. The average Bonchev–Trinajstić information content (AvgIpc) is 2.79. The second-order valence-electron chi connectivity index (χ2n) is 7.47. The number of methoxy groups -OCH3 is 1. The van der Waals surface area contributed by atoms with Gasteiger partial charge in [-0.25, -0.2) is 5.43 Å². The van der Waals surface area contributed by atoms with E-state index in [4.69, 9.17) is 4.74 Å². The van der Waals surface area contributed by atoms with E-state index in [1.807, 2.05) is 48.5 Å². The molecule has 158 valence electrons. The standard InChI is InChI=1S/C23H28N4O3/c1-17(2)19-10-8-18(9-11-19)16-24-25-22(28)23(29)27-14-12-26(13-15-27)20-6-4-5-7-21(20)30-3/h4-11,16-17H,12-15H2,1-3H3,(H,25,28)/b24-16-. The summed E-state index contributed by atoms with van der Waals surface area (Å²) >= 11 is 0. The quantitative estimate of drug-likeness (QED) is 0.469. The fourth-order valence-corrected chi connectivity index (χ4v) is 3.37. The van der Waals surface area contributed by atoms with Crippen LogP contribution in [-0.2, 0) is 9.59 Å². The number of piperazine rings is 1. The van der Waals surface area contributed by atoms with Crippen LogP contribution in [0.15, 0.2) is 53.6 Å². The van der Waals surface area contributed by atoms with Gasteiger partial charge in [-0.3, -0.25) is 9.59 Å². The SMILES string of the molecule is COc1ccccc1N1CCN(C(=O)C(=O)N/N=C\c2ccc(C(C)C)cc2)CC1. The minimum absolute atomic E-state index is 0.455. The van der Waals surface area contributed by atoms with Gasteiger partial charge in [-0.05, 0) is 29.2 Å². The van der Waals surface area contributed by atoms with Crippen LogP contribution in [-0.4, -0.2) is 56.2 Å². The molecule has 7 heteroatoms. The predicted octanol–water partition coefficient (Wildman–Crippen LogP) is 2.62. The third kappa shape index (κ3) is 5.17. The van der Waals surface area contributed by atoms with E-state index in [0.29, 0.717) is 32.1 Å². The second kappa shape index (κ2) is 9.91. The predicted molar refractivity (Wildman–Crippen MR) is 118 cm³/mol. The Morgan fingerprint density at radius 2 is 1.70 bits per heavy atom. The van der Waals surface area contributed by atoms with Gasteiger partial charge < -0.3 is 14.5 Å². The highest BCUT2D eigenvalue weighted by Gasteiger charge is 2.26. The van der Waals surface area contributed by atoms with E-state index < -0.39 is 11.8 Å². The number of anilines is 1. The van der Waals surface area contributed by atoms with Gasteiger partial charge in [0.25, 0.3) is 0 Å². The Morgan fingerprint density at radius 1 is 1.03 bits per heavy atom. The fraction of sp³-hybridized carbons (Fsp3) is 0.348. The topological polar surface area (TPSA) is 74.2 Å². The van der Waals surface area contributed by atoms with Gasteiger partial charge in [0.15, 0.2) is 0 Å². The van der Waals surface area contributed by atoms with Gasteiger partial charge in [-0.15, -0.1) is 0 Å². The van der Waals surface area contributed by atoms with E-state index >= 15 is 0 Å². The Hall–Kier alpha value is -3.35. The van der Waals surface area contributed by atoms with Crippen LogP contribution in [0.1, 0.15) is 30.9 Å². The van der Waals surface area contributed by atoms with Crippen LogP contribution in [0.5, 0.6) is 5.75 Å². The zero-order chi connectivity index (χ0) is 21.5. The van der Waals surface area contributed by atoms with E-state index in [9.17, 15) is 9.59 Å². The van der Waals surface area contributed by atoms with E-state index in [0.717, 1.165) is 17.0 Å². The normalized spacial score (nSPS) is 14.3. The molecule has 0 spiro atoms. The van der Waals surface area contributed by atoms with Crippen molar-refractivity contribution < 1.29 is 14.3 Å². The molecular formula is C23H28N4O3. The highest BCUT2D eigenvalue weighted by molar-refractivity contribution is 6.35. The van der Waals surface area contributed by atoms with Gasteiger partial charge in [-0.2, -0.15) is 5.10 Å². The monoisotopic (exact) mass is 408 g/mol. The first-order valence-electron chi connectivity index (χ1n) is 10.1. The molecule has 30 heavy (non-hydrogen) atoms. The molecule has 0 atom stereocenters. The van der Waals surface area contributed by atoms with Crippen molar-refractivity contribution in [2.24, 2.45) is 5.10 Å². The molecule has 2 amide bonds. The molecule has 1 heterocycles. The maximum atomic E-state index is 12.4. The van der Waals surface area contributed by atoms with Crippen LogP contribution in [0.4, 0.5) is 5.69 Å². The van der Waals surface area contributed by atoms with Crippen LogP contribution in [0.25, 0.3) is 0 Å². The van der Waals surface area contributed by atoms with Crippen molar-refractivity contribution in [3.8, 4) is 5.75 Å². The summed E-state index contributed by atoms with van der Waals surface area (Å²) in [6.45, 7) is 6.45. The van der Waals surface area contributed by atoms with Crippen LogP contribution >= 0.6 is 0 Å². The van der Waals surface area contributed by atoms with Crippen LogP contribution < -0.4 is 15.1 Å². The maximum Gasteiger partial charge on any atom is 0.329 e. The molecule has 0 radical (unpaired) electrons. The van der Waals surface area contributed by atoms with Crippen molar-refractivity contribution in [1.82, 2.24) is 10.3 Å². The average molecular weight is 409 g/mol. The van der Waals surface area contributed by atoms with Crippen molar-refractivity contribution in [2.75, 3.05) is 38.2 Å². The number of amides is 2. The number of ether oxygens (including phenoxy) is 1. The van der Waals surface area contributed by atoms with Gasteiger partial charge in [-0.1, -0.05) is 50.2 Å². The van der Waals surface area contributed by atoms with Gasteiger partial charge >= 0.3 is 11.8 Å². The van der Waals surface area contributed by atoms with Crippen LogP contribution in [0, 0.1) is 0 Å². The smallest absolute Gasteiger partial charge is 0.329 e. The molecule has 0 unspecified atom stereocenters. The summed E-state index contributed by atoms with van der Waals surface area (Å²) in [6, 6.07) is 15.7. The summed E-state index contributed by atoms with van der Waals surface area (Å²) in [4.78, 5) is 28.3. The molecule has 0 aromatic heterocycles. The summed E-state index contributed by atoms with van der Waals surface area (Å²) in [7, 11) is 1.64. The van der Waals surface area contributed by atoms with Crippen LogP contribution in [0.2, 0.25) is 0 Å². The Morgan fingerprint density at radius 3 is 2.33 bits per heavy atom. The number of hydrazone groups is 1. The number of carbonyl (C=O) groups is 2. The Kier molecular flexibility index (Phi) is 7.06.